The molecule has 0 bridgehead atoms. The Morgan fingerprint density at radius 2 is 1.89 bits per heavy atom. The van der Waals surface area contributed by atoms with Crippen LogP contribution >= 0.6 is 0 Å². The molecule has 0 spiro atoms. The summed E-state index contributed by atoms with van der Waals surface area (Å²) in [5.41, 5.74) is 7.49. The minimum Gasteiger partial charge on any atom is -0.396 e. The number of aromatic nitrogens is 2. The van der Waals surface area contributed by atoms with Crippen LogP contribution in [0.3, 0.4) is 0 Å². The third-order valence-electron chi connectivity index (χ3n) is 3.04. The van der Waals surface area contributed by atoms with E-state index in [1.165, 1.54) is 0 Å². The SMILES string of the molecule is CCn1nc(C)c(-c2cc(F)c(N)cc2F)c1C. The quantitative estimate of drug-likeness (QED) is 0.834. The fraction of sp³-hybridized carbons (Fsp3) is 0.308. The zero-order valence-electron chi connectivity index (χ0n) is 10.6. The van der Waals surface area contributed by atoms with E-state index < -0.39 is 11.6 Å². The summed E-state index contributed by atoms with van der Waals surface area (Å²) in [6.07, 6.45) is 0. The van der Waals surface area contributed by atoms with E-state index in [0.717, 1.165) is 17.8 Å². The van der Waals surface area contributed by atoms with Gasteiger partial charge in [-0.15, -0.1) is 0 Å². The van der Waals surface area contributed by atoms with Gasteiger partial charge in [0.25, 0.3) is 0 Å². The number of aryl methyl sites for hydroxylation is 2. The zero-order chi connectivity index (χ0) is 13.4. The van der Waals surface area contributed by atoms with E-state index in [1.54, 1.807) is 11.6 Å². The molecule has 0 aliphatic heterocycles. The first-order chi connectivity index (χ1) is 8.45. The average molecular weight is 251 g/mol. The Hall–Kier alpha value is -1.91. The molecular formula is C13H15F2N3. The highest BCUT2D eigenvalue weighted by Crippen LogP contribution is 2.31. The van der Waals surface area contributed by atoms with Gasteiger partial charge in [0, 0.05) is 29.4 Å². The van der Waals surface area contributed by atoms with Gasteiger partial charge < -0.3 is 5.73 Å². The summed E-state index contributed by atoms with van der Waals surface area (Å²) in [5.74, 6) is -1.15. The molecule has 0 radical (unpaired) electrons. The van der Waals surface area contributed by atoms with Gasteiger partial charge in [-0.05, 0) is 26.8 Å². The lowest BCUT2D eigenvalue weighted by Crippen LogP contribution is -1.99. The van der Waals surface area contributed by atoms with Crippen LogP contribution in [0.2, 0.25) is 0 Å². The molecule has 0 unspecified atom stereocenters. The molecule has 0 saturated carbocycles. The third kappa shape index (κ3) is 1.85. The number of nitrogens with zero attached hydrogens (tertiary/aromatic N) is 2. The minimum absolute atomic E-state index is 0.186. The van der Waals surface area contributed by atoms with Crippen molar-refractivity contribution in [2.75, 3.05) is 5.73 Å². The van der Waals surface area contributed by atoms with Crippen molar-refractivity contribution in [3.8, 4) is 11.1 Å². The summed E-state index contributed by atoms with van der Waals surface area (Å²) in [6.45, 7) is 6.25. The Labute approximate surface area is 104 Å². The summed E-state index contributed by atoms with van der Waals surface area (Å²) in [5, 5.41) is 4.29. The molecule has 0 fully saturated rings. The molecule has 0 aliphatic carbocycles. The van der Waals surface area contributed by atoms with E-state index in [-0.39, 0.29) is 11.3 Å². The highest BCUT2D eigenvalue weighted by molar-refractivity contribution is 5.71. The largest absolute Gasteiger partial charge is 0.396 e. The fourth-order valence-electron chi connectivity index (χ4n) is 2.15. The summed E-state index contributed by atoms with van der Waals surface area (Å²) in [7, 11) is 0. The van der Waals surface area contributed by atoms with Gasteiger partial charge in [-0.25, -0.2) is 8.78 Å². The first-order valence-electron chi connectivity index (χ1n) is 5.74. The van der Waals surface area contributed by atoms with Crippen molar-refractivity contribution in [2.45, 2.75) is 27.3 Å². The maximum Gasteiger partial charge on any atom is 0.146 e. The molecule has 0 aliphatic rings. The second-order valence-corrected chi connectivity index (χ2v) is 4.22. The van der Waals surface area contributed by atoms with Gasteiger partial charge in [-0.1, -0.05) is 0 Å². The number of hydrogen-bond acceptors (Lipinski definition) is 2. The van der Waals surface area contributed by atoms with Crippen molar-refractivity contribution in [3.05, 3.63) is 35.2 Å². The molecule has 3 nitrogen and oxygen atoms in total. The van der Waals surface area contributed by atoms with Gasteiger partial charge in [0.05, 0.1) is 11.4 Å². The summed E-state index contributed by atoms with van der Waals surface area (Å²) in [4.78, 5) is 0. The standard InChI is InChI=1S/C13H15F2N3/c1-4-18-8(3)13(7(2)17-18)9-5-11(15)12(16)6-10(9)14/h5-6H,4,16H2,1-3H3. The van der Waals surface area contributed by atoms with E-state index in [1.807, 2.05) is 13.8 Å². The second-order valence-electron chi connectivity index (χ2n) is 4.22. The van der Waals surface area contributed by atoms with Crippen molar-refractivity contribution in [2.24, 2.45) is 0 Å². The van der Waals surface area contributed by atoms with E-state index >= 15 is 0 Å². The Kier molecular flexibility index (Phi) is 3.07. The molecular weight excluding hydrogens is 236 g/mol. The predicted octanol–water partition coefficient (Wildman–Crippen LogP) is 3.05. The van der Waals surface area contributed by atoms with Gasteiger partial charge in [0.2, 0.25) is 0 Å². The maximum absolute atomic E-state index is 13.9. The van der Waals surface area contributed by atoms with Crippen molar-refractivity contribution in [3.63, 3.8) is 0 Å². The molecule has 0 amide bonds. The Balaban J connectivity index is 2.69. The van der Waals surface area contributed by atoms with Crippen LogP contribution in [0, 0.1) is 25.5 Å². The van der Waals surface area contributed by atoms with Crippen molar-refractivity contribution < 1.29 is 8.78 Å². The van der Waals surface area contributed by atoms with Crippen molar-refractivity contribution in [1.29, 1.82) is 0 Å². The summed E-state index contributed by atoms with van der Waals surface area (Å²) < 4.78 is 29.1. The number of rotatable bonds is 2. The Bertz CT molecular complexity index is 603. The van der Waals surface area contributed by atoms with E-state index in [0.29, 0.717) is 17.8 Å². The lowest BCUT2D eigenvalue weighted by Gasteiger charge is -2.06. The lowest BCUT2D eigenvalue weighted by molar-refractivity contribution is 0.607. The summed E-state index contributed by atoms with van der Waals surface area (Å²) >= 11 is 0. The van der Waals surface area contributed by atoms with E-state index in [9.17, 15) is 8.78 Å². The first-order valence-corrected chi connectivity index (χ1v) is 5.74. The van der Waals surface area contributed by atoms with Gasteiger partial charge >= 0.3 is 0 Å². The number of anilines is 1. The molecule has 2 aromatic rings. The molecule has 5 heteroatoms. The Morgan fingerprint density at radius 3 is 2.44 bits per heavy atom. The number of hydrogen-bond donors (Lipinski definition) is 1. The van der Waals surface area contributed by atoms with Crippen LogP contribution in [-0.2, 0) is 6.54 Å². The number of nitrogens with two attached hydrogens (primary N) is 1. The fourth-order valence-corrected chi connectivity index (χ4v) is 2.15. The molecule has 1 heterocycles. The zero-order valence-corrected chi connectivity index (χ0v) is 10.6. The van der Waals surface area contributed by atoms with Crippen LogP contribution in [0.1, 0.15) is 18.3 Å². The monoisotopic (exact) mass is 251 g/mol. The Morgan fingerprint density at radius 1 is 1.22 bits per heavy atom. The molecule has 0 saturated heterocycles. The van der Waals surface area contributed by atoms with Gasteiger partial charge in [0.1, 0.15) is 11.6 Å². The number of nitrogen functional groups attached to an aromatic ring is 1. The number of halogens is 2. The van der Waals surface area contributed by atoms with Crippen LogP contribution in [-0.4, -0.2) is 9.78 Å². The van der Waals surface area contributed by atoms with Crippen LogP contribution in [0.15, 0.2) is 12.1 Å². The molecule has 1 aromatic carbocycles. The van der Waals surface area contributed by atoms with Gasteiger partial charge in [0.15, 0.2) is 0 Å². The predicted molar refractivity (Wildman–Crippen MR) is 67.1 cm³/mol. The smallest absolute Gasteiger partial charge is 0.146 e. The topological polar surface area (TPSA) is 43.8 Å². The summed E-state index contributed by atoms with van der Waals surface area (Å²) in [6, 6.07) is 2.13. The second kappa shape index (κ2) is 4.40. The normalized spacial score (nSPS) is 10.9. The van der Waals surface area contributed by atoms with Crippen molar-refractivity contribution in [1.82, 2.24) is 9.78 Å². The lowest BCUT2D eigenvalue weighted by atomic mass is 10.0. The molecule has 2 N–H and O–H groups in total. The minimum atomic E-state index is -0.616. The van der Waals surface area contributed by atoms with Gasteiger partial charge in [-0.2, -0.15) is 5.10 Å². The molecule has 1 aromatic heterocycles. The van der Waals surface area contributed by atoms with Crippen LogP contribution in [0.4, 0.5) is 14.5 Å². The number of benzene rings is 1. The van der Waals surface area contributed by atoms with Crippen LogP contribution in [0.25, 0.3) is 11.1 Å². The highest BCUT2D eigenvalue weighted by Gasteiger charge is 2.18. The maximum atomic E-state index is 13.9. The molecule has 0 atom stereocenters. The first kappa shape index (κ1) is 12.5. The van der Waals surface area contributed by atoms with Gasteiger partial charge in [-0.3, -0.25) is 4.68 Å². The van der Waals surface area contributed by atoms with Crippen LogP contribution < -0.4 is 5.73 Å². The molecule has 18 heavy (non-hydrogen) atoms. The molecule has 96 valence electrons. The van der Waals surface area contributed by atoms with Crippen molar-refractivity contribution >= 4 is 5.69 Å². The van der Waals surface area contributed by atoms with E-state index in [4.69, 9.17) is 5.73 Å². The average Bonchev–Trinajstić information content (AvgIpc) is 2.59. The van der Waals surface area contributed by atoms with Crippen LogP contribution in [0.5, 0.6) is 0 Å². The van der Waals surface area contributed by atoms with E-state index in [2.05, 4.69) is 5.10 Å². The molecule has 2 rings (SSSR count). The third-order valence-corrected chi connectivity index (χ3v) is 3.04. The highest BCUT2D eigenvalue weighted by atomic mass is 19.1.